The molecule has 96 valence electrons. The van der Waals surface area contributed by atoms with E-state index in [1.807, 2.05) is 0 Å². The lowest BCUT2D eigenvalue weighted by Gasteiger charge is -2.23. The van der Waals surface area contributed by atoms with Crippen LogP contribution in [-0.2, 0) is 14.2 Å². The first-order valence-electron chi connectivity index (χ1n) is 6.19. The molecule has 3 fully saturated rings. The number of rotatable bonds is 1. The predicted octanol–water partition coefficient (Wildman–Crippen LogP) is -0.0663. The van der Waals surface area contributed by atoms with Crippen molar-refractivity contribution in [3.8, 4) is 0 Å². The lowest BCUT2D eigenvalue weighted by Crippen LogP contribution is -2.46. The maximum atomic E-state index is 12.0. The molecule has 3 saturated heterocycles. The van der Waals surface area contributed by atoms with Crippen LogP contribution in [0.25, 0.3) is 0 Å². The molecule has 1 N–H and O–H groups in total. The Hall–Kier alpha value is -0.850. The molecule has 3 rings (SSSR count). The Balaban J connectivity index is 1.53. The number of urea groups is 1. The lowest BCUT2D eigenvalue weighted by molar-refractivity contribution is -0.143. The van der Waals surface area contributed by atoms with Gasteiger partial charge in [0, 0.05) is 19.6 Å². The van der Waals surface area contributed by atoms with Crippen molar-refractivity contribution in [2.24, 2.45) is 0 Å². The van der Waals surface area contributed by atoms with Gasteiger partial charge in [-0.2, -0.15) is 0 Å². The molecular weight excluding hydrogens is 224 g/mol. The smallest absolute Gasteiger partial charge is 0.317 e. The van der Waals surface area contributed by atoms with Gasteiger partial charge in [0.2, 0.25) is 0 Å². The van der Waals surface area contributed by atoms with E-state index in [0.29, 0.717) is 32.9 Å². The van der Waals surface area contributed by atoms with Crippen LogP contribution in [0.4, 0.5) is 4.79 Å². The average Bonchev–Trinajstić information content (AvgIpc) is 3.03. The molecule has 0 aromatic rings. The molecular formula is C11H18N2O4. The second-order valence-corrected chi connectivity index (χ2v) is 4.79. The van der Waals surface area contributed by atoms with Crippen molar-refractivity contribution in [1.82, 2.24) is 10.2 Å². The molecule has 3 aliphatic rings. The van der Waals surface area contributed by atoms with Crippen LogP contribution in [0.3, 0.4) is 0 Å². The quantitative estimate of drug-likeness (QED) is 0.699. The number of carbonyl (C=O) groups is 1. The Morgan fingerprint density at radius 1 is 1.29 bits per heavy atom. The summed E-state index contributed by atoms with van der Waals surface area (Å²) in [6.07, 6.45) is 1.67. The molecule has 1 spiro atoms. The van der Waals surface area contributed by atoms with Gasteiger partial charge in [-0.3, -0.25) is 0 Å². The minimum atomic E-state index is -0.524. The molecule has 0 aliphatic carbocycles. The van der Waals surface area contributed by atoms with Crippen molar-refractivity contribution in [1.29, 1.82) is 0 Å². The van der Waals surface area contributed by atoms with Gasteiger partial charge in [0.25, 0.3) is 0 Å². The van der Waals surface area contributed by atoms with E-state index in [2.05, 4.69) is 5.32 Å². The Labute approximate surface area is 100 Å². The highest BCUT2D eigenvalue weighted by atomic mass is 16.7. The van der Waals surface area contributed by atoms with Crippen molar-refractivity contribution in [3.63, 3.8) is 0 Å². The van der Waals surface area contributed by atoms with E-state index in [4.69, 9.17) is 14.2 Å². The number of nitrogens with zero attached hydrogens (tertiary/aromatic N) is 1. The fraction of sp³-hybridized carbons (Fsp3) is 0.909. The molecule has 3 aliphatic heterocycles. The maximum absolute atomic E-state index is 12.0. The van der Waals surface area contributed by atoms with Crippen molar-refractivity contribution in [2.45, 2.75) is 24.7 Å². The number of amides is 2. The molecule has 17 heavy (non-hydrogen) atoms. The third kappa shape index (κ3) is 2.25. The van der Waals surface area contributed by atoms with Crippen molar-refractivity contribution >= 4 is 6.03 Å². The third-order valence-electron chi connectivity index (χ3n) is 3.55. The molecule has 1 atom stereocenters. The minimum absolute atomic E-state index is 0.0310. The van der Waals surface area contributed by atoms with Gasteiger partial charge in [-0.25, -0.2) is 4.79 Å². The van der Waals surface area contributed by atoms with Gasteiger partial charge in [0.15, 0.2) is 5.79 Å². The van der Waals surface area contributed by atoms with Crippen LogP contribution in [0.5, 0.6) is 0 Å². The van der Waals surface area contributed by atoms with E-state index in [1.54, 1.807) is 4.90 Å². The van der Waals surface area contributed by atoms with Gasteiger partial charge in [0.1, 0.15) is 0 Å². The summed E-state index contributed by atoms with van der Waals surface area (Å²) >= 11 is 0. The molecule has 0 saturated carbocycles. The average molecular weight is 242 g/mol. The van der Waals surface area contributed by atoms with E-state index >= 15 is 0 Å². The van der Waals surface area contributed by atoms with Crippen LogP contribution >= 0.6 is 0 Å². The summed E-state index contributed by atoms with van der Waals surface area (Å²) in [6.45, 7) is 3.85. The highest BCUT2D eigenvalue weighted by Gasteiger charge is 2.45. The van der Waals surface area contributed by atoms with E-state index < -0.39 is 5.79 Å². The summed E-state index contributed by atoms with van der Waals surface area (Å²) in [5, 5.41) is 2.98. The first-order valence-corrected chi connectivity index (χ1v) is 6.19. The number of hydrogen-bond donors (Lipinski definition) is 1. The lowest BCUT2D eigenvalue weighted by atomic mass is 10.2. The van der Waals surface area contributed by atoms with Gasteiger partial charge in [0.05, 0.1) is 32.4 Å². The Kier molecular flexibility index (Phi) is 2.94. The van der Waals surface area contributed by atoms with Gasteiger partial charge in [-0.1, -0.05) is 0 Å². The third-order valence-corrected chi connectivity index (χ3v) is 3.55. The molecule has 0 aromatic carbocycles. The van der Waals surface area contributed by atoms with Crippen LogP contribution in [0.2, 0.25) is 0 Å². The SMILES string of the molecule is O=C(NC1CCOC1)N1CCC2(C1)OCCO2. The molecule has 6 nitrogen and oxygen atoms in total. The van der Waals surface area contributed by atoms with E-state index in [-0.39, 0.29) is 12.1 Å². The second kappa shape index (κ2) is 4.44. The molecule has 6 heteroatoms. The highest BCUT2D eigenvalue weighted by Crippen LogP contribution is 2.30. The molecule has 0 bridgehead atoms. The zero-order chi connectivity index (χ0) is 11.7. The highest BCUT2D eigenvalue weighted by molar-refractivity contribution is 5.75. The number of hydrogen-bond acceptors (Lipinski definition) is 4. The van der Waals surface area contributed by atoms with Crippen LogP contribution < -0.4 is 5.32 Å². The van der Waals surface area contributed by atoms with Crippen molar-refractivity contribution < 1.29 is 19.0 Å². The van der Waals surface area contributed by atoms with Crippen molar-refractivity contribution in [3.05, 3.63) is 0 Å². The standard InChI is InChI=1S/C11H18N2O4/c14-10(12-9-1-4-15-7-9)13-3-2-11(8-13)16-5-6-17-11/h9H,1-8H2,(H,12,14). The first kappa shape index (κ1) is 11.3. The zero-order valence-electron chi connectivity index (χ0n) is 9.81. The summed E-state index contributed by atoms with van der Waals surface area (Å²) in [7, 11) is 0. The molecule has 2 amide bonds. The largest absolute Gasteiger partial charge is 0.379 e. The fourth-order valence-electron chi connectivity index (χ4n) is 2.57. The summed E-state index contributed by atoms with van der Waals surface area (Å²) in [4.78, 5) is 13.8. The Morgan fingerprint density at radius 3 is 2.82 bits per heavy atom. The molecule has 0 aromatic heterocycles. The molecule has 3 heterocycles. The predicted molar refractivity (Wildman–Crippen MR) is 58.6 cm³/mol. The van der Waals surface area contributed by atoms with Crippen LogP contribution in [-0.4, -0.2) is 62.3 Å². The van der Waals surface area contributed by atoms with Gasteiger partial charge in [-0.15, -0.1) is 0 Å². The van der Waals surface area contributed by atoms with E-state index in [0.717, 1.165) is 19.4 Å². The maximum Gasteiger partial charge on any atom is 0.317 e. The number of ether oxygens (including phenoxy) is 3. The summed E-state index contributed by atoms with van der Waals surface area (Å²) in [6, 6.07) is 0.126. The fourth-order valence-corrected chi connectivity index (χ4v) is 2.57. The van der Waals surface area contributed by atoms with Crippen LogP contribution in [0.15, 0.2) is 0 Å². The summed E-state index contributed by atoms with van der Waals surface area (Å²) in [5.74, 6) is -0.524. The molecule has 1 unspecified atom stereocenters. The van der Waals surface area contributed by atoms with Gasteiger partial charge >= 0.3 is 6.03 Å². The number of nitrogens with one attached hydrogen (secondary N) is 1. The monoisotopic (exact) mass is 242 g/mol. The van der Waals surface area contributed by atoms with Crippen molar-refractivity contribution in [2.75, 3.05) is 39.5 Å². The Bertz CT molecular complexity index is 298. The van der Waals surface area contributed by atoms with Crippen LogP contribution in [0.1, 0.15) is 12.8 Å². The van der Waals surface area contributed by atoms with E-state index in [9.17, 15) is 4.79 Å². The van der Waals surface area contributed by atoms with Crippen LogP contribution in [0, 0.1) is 0 Å². The normalized spacial score (nSPS) is 31.3. The first-order chi connectivity index (χ1) is 8.27. The number of likely N-dealkylation sites (tertiary alicyclic amines) is 1. The minimum Gasteiger partial charge on any atom is -0.379 e. The van der Waals surface area contributed by atoms with Gasteiger partial charge < -0.3 is 24.4 Å². The second-order valence-electron chi connectivity index (χ2n) is 4.79. The number of carbonyl (C=O) groups excluding carboxylic acids is 1. The summed E-state index contributed by atoms with van der Waals surface area (Å²) < 4.78 is 16.4. The van der Waals surface area contributed by atoms with Gasteiger partial charge in [-0.05, 0) is 6.42 Å². The summed E-state index contributed by atoms with van der Waals surface area (Å²) in [5.41, 5.74) is 0. The Morgan fingerprint density at radius 2 is 2.12 bits per heavy atom. The zero-order valence-corrected chi connectivity index (χ0v) is 9.81. The topological polar surface area (TPSA) is 60.0 Å². The molecule has 0 radical (unpaired) electrons. The van der Waals surface area contributed by atoms with E-state index in [1.165, 1.54) is 0 Å².